The number of carbonyl (C=O) groups is 1. The lowest BCUT2D eigenvalue weighted by molar-refractivity contribution is -0.313. The molecular formula is C37H64O10. The van der Waals surface area contributed by atoms with Gasteiger partial charge in [-0.25, -0.2) is 4.79 Å². The number of esters is 1. The maximum Gasteiger partial charge on any atom is 0.333 e. The highest BCUT2D eigenvalue weighted by Gasteiger charge is 2.46. The van der Waals surface area contributed by atoms with Gasteiger partial charge in [-0.15, -0.1) is 0 Å². The number of carbonyl (C=O) groups excluding carboxylic acids is 1. The Bertz CT molecular complexity index is 1080. The maximum absolute atomic E-state index is 11.8. The van der Waals surface area contributed by atoms with Crippen LogP contribution in [0.4, 0.5) is 0 Å². The van der Waals surface area contributed by atoms with Gasteiger partial charge in [0.25, 0.3) is 0 Å². The Kier molecular flexibility index (Phi) is 18.9. The fourth-order valence-electron chi connectivity index (χ4n) is 6.41. The number of rotatable bonds is 18. The van der Waals surface area contributed by atoms with Crippen LogP contribution in [0.15, 0.2) is 46.6 Å². The molecule has 1 aliphatic heterocycles. The Balaban J connectivity index is 3.32. The lowest BCUT2D eigenvalue weighted by Gasteiger charge is -2.43. The largest absolute Gasteiger partial charge is 0.466 e. The summed E-state index contributed by atoms with van der Waals surface area (Å²) >= 11 is 0. The first kappa shape index (κ1) is 43.1. The molecule has 1 saturated heterocycles. The highest BCUT2D eigenvalue weighted by atomic mass is 16.7. The van der Waals surface area contributed by atoms with Gasteiger partial charge in [0.2, 0.25) is 0 Å². The Hall–Kier alpha value is -1.89. The summed E-state index contributed by atoms with van der Waals surface area (Å²) in [5.74, 6) is -0.611. The van der Waals surface area contributed by atoms with Crippen LogP contribution in [-0.4, -0.2) is 101 Å². The molecule has 0 bridgehead atoms. The van der Waals surface area contributed by atoms with Gasteiger partial charge in [0.05, 0.1) is 32.0 Å². The number of aliphatic hydroxyl groups excluding tert-OH is 5. The molecule has 1 aliphatic rings. The highest BCUT2D eigenvalue weighted by molar-refractivity contribution is 5.87. The van der Waals surface area contributed by atoms with Gasteiger partial charge in [-0.05, 0) is 62.7 Å². The summed E-state index contributed by atoms with van der Waals surface area (Å²) in [6, 6.07) is 0. The molecule has 0 spiro atoms. The van der Waals surface area contributed by atoms with Gasteiger partial charge in [-0.1, -0.05) is 72.3 Å². The van der Waals surface area contributed by atoms with Gasteiger partial charge in [-0.3, -0.25) is 0 Å². The molecule has 13 unspecified atom stereocenters. The van der Waals surface area contributed by atoms with E-state index in [1.54, 1.807) is 19.9 Å². The molecule has 1 heterocycles. The van der Waals surface area contributed by atoms with Crippen molar-refractivity contribution in [3.63, 3.8) is 0 Å². The van der Waals surface area contributed by atoms with Crippen LogP contribution in [0.3, 0.4) is 0 Å². The quantitative estimate of drug-likeness (QED) is 0.0802. The SMILES string of the molecule is CCC(C)CC(C)C=C(C)C(OC1OC(CO)C(OC)C(O)C1O)C(C)C=C(C)C(O)C(C)C=C(C)C(O)C(C)C=C(C)C(=O)OC. The van der Waals surface area contributed by atoms with E-state index in [-0.39, 0.29) is 23.7 Å². The van der Waals surface area contributed by atoms with Crippen molar-refractivity contribution in [2.75, 3.05) is 20.8 Å². The van der Waals surface area contributed by atoms with E-state index >= 15 is 0 Å². The zero-order valence-electron chi connectivity index (χ0n) is 30.7. The number of ether oxygens (including phenoxy) is 4. The number of hydrogen-bond acceptors (Lipinski definition) is 10. The predicted molar refractivity (Wildman–Crippen MR) is 183 cm³/mol. The molecule has 0 aromatic carbocycles. The second-order valence-corrected chi connectivity index (χ2v) is 13.7. The fourth-order valence-corrected chi connectivity index (χ4v) is 6.41. The zero-order valence-corrected chi connectivity index (χ0v) is 30.7. The first-order chi connectivity index (χ1) is 21.9. The van der Waals surface area contributed by atoms with Gasteiger partial charge in [0, 0.05) is 30.4 Å². The maximum atomic E-state index is 11.8. The molecule has 0 amide bonds. The summed E-state index contributed by atoms with van der Waals surface area (Å²) in [5, 5.41) is 53.7. The van der Waals surface area contributed by atoms with E-state index in [1.165, 1.54) is 14.2 Å². The fraction of sp³-hybridized carbons (Fsp3) is 0.757. The normalized spacial score (nSPS) is 28.6. The molecule has 10 nitrogen and oxygen atoms in total. The van der Waals surface area contributed by atoms with E-state index < -0.39 is 61.6 Å². The summed E-state index contributed by atoms with van der Waals surface area (Å²) in [6.07, 6.45) is 1.60. The van der Waals surface area contributed by atoms with Gasteiger partial charge in [0.15, 0.2) is 6.29 Å². The minimum atomic E-state index is -1.41. The minimum Gasteiger partial charge on any atom is -0.466 e. The monoisotopic (exact) mass is 668 g/mol. The Labute approximate surface area is 283 Å². The van der Waals surface area contributed by atoms with E-state index in [2.05, 4.69) is 26.8 Å². The van der Waals surface area contributed by atoms with Crippen molar-refractivity contribution in [2.24, 2.45) is 29.6 Å². The van der Waals surface area contributed by atoms with Crippen LogP contribution in [0.1, 0.15) is 82.1 Å². The van der Waals surface area contributed by atoms with E-state index in [0.29, 0.717) is 22.6 Å². The van der Waals surface area contributed by atoms with Crippen molar-refractivity contribution < 1.29 is 49.3 Å². The van der Waals surface area contributed by atoms with Crippen LogP contribution in [0, 0.1) is 29.6 Å². The second-order valence-electron chi connectivity index (χ2n) is 13.7. The van der Waals surface area contributed by atoms with Crippen LogP contribution in [0.5, 0.6) is 0 Å². The highest BCUT2D eigenvalue weighted by Crippen LogP contribution is 2.31. The number of methoxy groups -OCH3 is 2. The number of aliphatic hydroxyl groups is 5. The second kappa shape index (κ2) is 20.6. The Morgan fingerprint density at radius 2 is 1.34 bits per heavy atom. The molecular weight excluding hydrogens is 604 g/mol. The summed E-state index contributed by atoms with van der Waals surface area (Å²) in [4.78, 5) is 11.8. The third-order valence-electron chi connectivity index (χ3n) is 9.32. The van der Waals surface area contributed by atoms with Crippen molar-refractivity contribution in [3.8, 4) is 0 Å². The van der Waals surface area contributed by atoms with Crippen molar-refractivity contribution in [2.45, 2.75) is 131 Å². The van der Waals surface area contributed by atoms with Crippen LogP contribution >= 0.6 is 0 Å². The molecule has 47 heavy (non-hydrogen) atoms. The molecule has 0 aliphatic carbocycles. The van der Waals surface area contributed by atoms with Gasteiger partial charge in [0.1, 0.15) is 24.4 Å². The third kappa shape index (κ3) is 12.8. The van der Waals surface area contributed by atoms with E-state index in [9.17, 15) is 30.3 Å². The summed E-state index contributed by atoms with van der Waals surface area (Å²) < 4.78 is 22.3. The first-order valence-corrected chi connectivity index (χ1v) is 16.9. The van der Waals surface area contributed by atoms with Crippen LogP contribution in [0.25, 0.3) is 0 Å². The lowest BCUT2D eigenvalue weighted by atomic mass is 9.87. The molecule has 5 N–H and O–H groups in total. The van der Waals surface area contributed by atoms with Gasteiger partial charge >= 0.3 is 5.97 Å². The van der Waals surface area contributed by atoms with Crippen LogP contribution in [0.2, 0.25) is 0 Å². The lowest BCUT2D eigenvalue weighted by Crippen LogP contribution is -2.60. The summed E-state index contributed by atoms with van der Waals surface area (Å²) in [6.45, 7) is 19.0. The molecule has 10 heteroatoms. The van der Waals surface area contributed by atoms with E-state index in [1.807, 2.05) is 46.8 Å². The molecule has 0 aromatic rings. The molecule has 0 saturated carbocycles. The average Bonchev–Trinajstić information content (AvgIpc) is 3.03. The molecule has 13 atom stereocenters. The Morgan fingerprint density at radius 1 is 0.809 bits per heavy atom. The Morgan fingerprint density at radius 3 is 1.83 bits per heavy atom. The molecule has 0 radical (unpaired) electrons. The topological polar surface area (TPSA) is 155 Å². The van der Waals surface area contributed by atoms with Gasteiger partial charge in [-0.2, -0.15) is 0 Å². The predicted octanol–water partition coefficient (Wildman–Crippen LogP) is 4.49. The van der Waals surface area contributed by atoms with Crippen molar-refractivity contribution in [1.82, 2.24) is 0 Å². The van der Waals surface area contributed by atoms with Gasteiger partial charge < -0.3 is 44.5 Å². The van der Waals surface area contributed by atoms with E-state index in [0.717, 1.165) is 18.4 Å². The third-order valence-corrected chi connectivity index (χ3v) is 9.32. The number of allylic oxidation sites excluding steroid dienone is 1. The van der Waals surface area contributed by atoms with Crippen LogP contribution in [-0.2, 0) is 23.7 Å². The van der Waals surface area contributed by atoms with Crippen molar-refractivity contribution in [3.05, 3.63) is 46.6 Å². The molecule has 272 valence electrons. The summed E-state index contributed by atoms with van der Waals surface area (Å²) in [5.41, 5.74) is 2.70. The average molecular weight is 669 g/mol. The van der Waals surface area contributed by atoms with Crippen molar-refractivity contribution in [1.29, 1.82) is 0 Å². The van der Waals surface area contributed by atoms with Crippen molar-refractivity contribution >= 4 is 5.97 Å². The van der Waals surface area contributed by atoms with Crippen LogP contribution < -0.4 is 0 Å². The smallest absolute Gasteiger partial charge is 0.333 e. The standard InChI is InChI=1S/C37H64O10/c1-13-20(2)14-21(3)15-26(8)34(47-37-33(42)32(41)35(44-11)29(19-38)46-37)27(9)17-24(6)30(39)22(4)16-23(5)31(40)25(7)18-28(10)36(43)45-12/h15-18,20-22,25,27,29-35,37-42H,13-14,19H2,1-12H3. The molecule has 1 rings (SSSR count). The van der Waals surface area contributed by atoms with E-state index in [4.69, 9.17) is 18.9 Å². The minimum absolute atomic E-state index is 0.262. The molecule has 0 aromatic heterocycles. The number of hydrogen-bond donors (Lipinski definition) is 5. The first-order valence-electron chi connectivity index (χ1n) is 16.9. The summed E-state index contributed by atoms with van der Waals surface area (Å²) in [7, 11) is 2.69. The zero-order chi connectivity index (χ0) is 36.2. The molecule has 1 fully saturated rings.